The van der Waals surface area contributed by atoms with Crippen LogP contribution in [0.25, 0.3) is 10.9 Å². The average Bonchev–Trinajstić information content (AvgIpc) is 2.71. The number of aliphatic carboxylic acids is 1. The number of carboxylic acid groups (broad SMARTS) is 1. The van der Waals surface area contributed by atoms with Crippen LogP contribution in [0.5, 0.6) is 0 Å². The molecule has 0 spiro atoms. The molecule has 2 rings (SSSR count). The second kappa shape index (κ2) is 5.23. The van der Waals surface area contributed by atoms with Gasteiger partial charge in [0.1, 0.15) is 0 Å². The summed E-state index contributed by atoms with van der Waals surface area (Å²) in [4.78, 5) is 11.1. The summed E-state index contributed by atoms with van der Waals surface area (Å²) in [6.07, 6.45) is 1.10. The maximum Gasteiger partial charge on any atom is 0.334 e. The van der Waals surface area contributed by atoms with Gasteiger partial charge in [0.2, 0.25) is 0 Å². The molecule has 4 nitrogen and oxygen atoms in total. The van der Waals surface area contributed by atoms with E-state index < -0.39 is 12.1 Å². The van der Waals surface area contributed by atoms with E-state index in [1.54, 1.807) is 6.92 Å². The summed E-state index contributed by atoms with van der Waals surface area (Å²) < 4.78 is 7.15. The minimum absolute atomic E-state index is 0.329. The second-order valence-corrected chi connectivity index (χ2v) is 4.31. The van der Waals surface area contributed by atoms with Crippen molar-refractivity contribution in [2.45, 2.75) is 26.5 Å². The lowest BCUT2D eigenvalue weighted by Crippen LogP contribution is -2.28. The van der Waals surface area contributed by atoms with Crippen molar-refractivity contribution < 1.29 is 14.6 Å². The van der Waals surface area contributed by atoms with Crippen molar-refractivity contribution in [3.8, 4) is 0 Å². The number of carboxylic acids is 1. The Balaban J connectivity index is 2.28. The quantitative estimate of drug-likeness (QED) is 0.882. The van der Waals surface area contributed by atoms with Gasteiger partial charge in [-0.1, -0.05) is 11.6 Å². The number of aryl methyl sites for hydroxylation is 1. The van der Waals surface area contributed by atoms with Crippen molar-refractivity contribution in [1.29, 1.82) is 0 Å². The fourth-order valence-electron chi connectivity index (χ4n) is 2.06. The van der Waals surface area contributed by atoms with Crippen LogP contribution in [-0.4, -0.2) is 28.4 Å². The van der Waals surface area contributed by atoms with Gasteiger partial charge in [-0.3, -0.25) is 0 Å². The predicted molar refractivity (Wildman–Crippen MR) is 69.7 cm³/mol. The molecule has 2 aromatic rings. The average molecular weight is 247 g/mol. The third kappa shape index (κ3) is 2.54. The van der Waals surface area contributed by atoms with Gasteiger partial charge in [0.05, 0.1) is 6.54 Å². The number of aromatic nitrogens is 1. The Morgan fingerprint density at radius 3 is 2.89 bits per heavy atom. The van der Waals surface area contributed by atoms with Crippen LogP contribution < -0.4 is 0 Å². The van der Waals surface area contributed by atoms with Crippen LogP contribution in [0, 0.1) is 6.92 Å². The maximum absolute atomic E-state index is 11.1. The fraction of sp³-hybridized carbons (Fsp3) is 0.357. The molecule has 0 bridgehead atoms. The summed E-state index contributed by atoms with van der Waals surface area (Å²) in [5.41, 5.74) is 2.23. The number of ether oxygens (including phenoxy) is 1. The molecule has 1 heterocycles. The fourth-order valence-corrected chi connectivity index (χ4v) is 2.06. The van der Waals surface area contributed by atoms with E-state index >= 15 is 0 Å². The highest BCUT2D eigenvalue weighted by atomic mass is 16.5. The van der Waals surface area contributed by atoms with E-state index in [4.69, 9.17) is 9.84 Å². The first-order chi connectivity index (χ1) is 8.61. The van der Waals surface area contributed by atoms with Crippen LogP contribution in [0.3, 0.4) is 0 Å². The molecule has 0 saturated heterocycles. The van der Waals surface area contributed by atoms with E-state index in [0.29, 0.717) is 13.2 Å². The number of fused-ring (bicyclic) bond motifs is 1. The molecule has 1 aromatic heterocycles. The molecule has 0 amide bonds. The van der Waals surface area contributed by atoms with Crippen LogP contribution in [-0.2, 0) is 16.1 Å². The second-order valence-electron chi connectivity index (χ2n) is 4.31. The SMILES string of the molecule is CCOC(Cn1ccc2cc(C)ccc21)C(=O)O. The van der Waals surface area contributed by atoms with Gasteiger partial charge in [0.15, 0.2) is 6.10 Å². The molecule has 1 N–H and O–H groups in total. The van der Waals surface area contributed by atoms with Crippen molar-refractivity contribution in [3.63, 3.8) is 0 Å². The molecule has 96 valence electrons. The smallest absolute Gasteiger partial charge is 0.334 e. The minimum Gasteiger partial charge on any atom is -0.479 e. The van der Waals surface area contributed by atoms with Crippen LogP contribution in [0.15, 0.2) is 30.5 Å². The zero-order valence-corrected chi connectivity index (χ0v) is 10.6. The molecule has 0 fully saturated rings. The first-order valence-corrected chi connectivity index (χ1v) is 6.01. The topological polar surface area (TPSA) is 51.5 Å². The highest BCUT2D eigenvalue weighted by Crippen LogP contribution is 2.18. The monoisotopic (exact) mass is 247 g/mol. The zero-order chi connectivity index (χ0) is 13.1. The summed E-state index contributed by atoms with van der Waals surface area (Å²) in [5.74, 6) is -0.925. The zero-order valence-electron chi connectivity index (χ0n) is 10.6. The number of nitrogens with zero attached hydrogens (tertiary/aromatic N) is 1. The highest BCUT2D eigenvalue weighted by Gasteiger charge is 2.18. The number of carbonyl (C=O) groups is 1. The van der Waals surface area contributed by atoms with E-state index in [0.717, 1.165) is 10.9 Å². The lowest BCUT2D eigenvalue weighted by Gasteiger charge is -2.14. The Morgan fingerprint density at radius 2 is 2.22 bits per heavy atom. The van der Waals surface area contributed by atoms with E-state index in [1.807, 2.05) is 35.9 Å². The molecule has 0 aliphatic heterocycles. The van der Waals surface area contributed by atoms with Gasteiger partial charge in [-0.15, -0.1) is 0 Å². The molecule has 4 heteroatoms. The number of hydrogen-bond donors (Lipinski definition) is 1. The minimum atomic E-state index is -0.925. The summed E-state index contributed by atoms with van der Waals surface area (Å²) in [5, 5.41) is 10.2. The number of hydrogen-bond acceptors (Lipinski definition) is 2. The normalized spacial score (nSPS) is 12.8. The van der Waals surface area contributed by atoms with Crippen molar-refractivity contribution >= 4 is 16.9 Å². The van der Waals surface area contributed by atoms with Crippen LogP contribution >= 0.6 is 0 Å². The van der Waals surface area contributed by atoms with E-state index in [1.165, 1.54) is 5.56 Å². The summed E-state index contributed by atoms with van der Waals surface area (Å²) in [6.45, 7) is 4.56. The molecule has 1 atom stereocenters. The standard InChI is InChI=1S/C14H17NO3/c1-3-18-13(14(16)17)9-15-7-6-11-8-10(2)4-5-12(11)15/h4-8,13H,3,9H2,1-2H3,(H,16,17). The summed E-state index contributed by atoms with van der Waals surface area (Å²) in [6, 6.07) is 8.11. The maximum atomic E-state index is 11.1. The third-order valence-electron chi connectivity index (χ3n) is 2.93. The Bertz CT molecular complexity index is 559. The van der Waals surface area contributed by atoms with Crippen LogP contribution in [0.1, 0.15) is 12.5 Å². The lowest BCUT2D eigenvalue weighted by atomic mass is 10.2. The first-order valence-electron chi connectivity index (χ1n) is 6.01. The van der Waals surface area contributed by atoms with Gasteiger partial charge in [-0.05, 0) is 37.4 Å². The molecule has 0 saturated carbocycles. The first kappa shape index (κ1) is 12.6. The Morgan fingerprint density at radius 1 is 1.44 bits per heavy atom. The molecule has 0 aliphatic rings. The molecule has 1 aromatic carbocycles. The van der Waals surface area contributed by atoms with Gasteiger partial charge in [0, 0.05) is 18.3 Å². The third-order valence-corrected chi connectivity index (χ3v) is 2.93. The Kier molecular flexibility index (Phi) is 3.67. The van der Waals surface area contributed by atoms with Crippen molar-refractivity contribution in [1.82, 2.24) is 4.57 Å². The molecule has 0 radical (unpaired) electrons. The van der Waals surface area contributed by atoms with Crippen molar-refractivity contribution in [2.75, 3.05) is 6.61 Å². The number of benzene rings is 1. The van der Waals surface area contributed by atoms with Crippen LogP contribution in [0.4, 0.5) is 0 Å². The summed E-state index contributed by atoms with van der Waals surface area (Å²) in [7, 11) is 0. The van der Waals surface area contributed by atoms with Gasteiger partial charge in [-0.2, -0.15) is 0 Å². The Hall–Kier alpha value is -1.81. The molecule has 0 aliphatic carbocycles. The molecule has 18 heavy (non-hydrogen) atoms. The number of rotatable bonds is 5. The van der Waals surface area contributed by atoms with E-state index in [-0.39, 0.29) is 0 Å². The highest BCUT2D eigenvalue weighted by molar-refractivity contribution is 5.81. The van der Waals surface area contributed by atoms with E-state index in [2.05, 4.69) is 6.07 Å². The van der Waals surface area contributed by atoms with Crippen molar-refractivity contribution in [3.05, 3.63) is 36.0 Å². The van der Waals surface area contributed by atoms with Gasteiger partial charge < -0.3 is 14.4 Å². The molecular formula is C14H17NO3. The van der Waals surface area contributed by atoms with Crippen molar-refractivity contribution in [2.24, 2.45) is 0 Å². The van der Waals surface area contributed by atoms with E-state index in [9.17, 15) is 4.79 Å². The molecule has 1 unspecified atom stereocenters. The van der Waals surface area contributed by atoms with Crippen LogP contribution in [0.2, 0.25) is 0 Å². The van der Waals surface area contributed by atoms with Gasteiger partial charge in [-0.25, -0.2) is 4.79 Å². The lowest BCUT2D eigenvalue weighted by molar-refractivity contribution is -0.150. The van der Waals surface area contributed by atoms with Gasteiger partial charge >= 0.3 is 5.97 Å². The van der Waals surface area contributed by atoms with Gasteiger partial charge in [0.25, 0.3) is 0 Å². The predicted octanol–water partition coefficient (Wildman–Crippen LogP) is 2.44. The molecular weight excluding hydrogens is 230 g/mol. The Labute approximate surface area is 106 Å². The largest absolute Gasteiger partial charge is 0.479 e. The summed E-state index contributed by atoms with van der Waals surface area (Å²) >= 11 is 0.